The van der Waals surface area contributed by atoms with Crippen LogP contribution in [0.25, 0.3) is 0 Å². The van der Waals surface area contributed by atoms with Gasteiger partial charge in [-0.2, -0.15) is 0 Å². The van der Waals surface area contributed by atoms with E-state index in [1.165, 1.54) is 60.7 Å². The van der Waals surface area contributed by atoms with Gasteiger partial charge < -0.3 is 5.32 Å². The molecule has 4 rings (SSSR count). The molecule has 0 fully saturated rings. The van der Waals surface area contributed by atoms with E-state index in [0.717, 1.165) is 5.56 Å². The van der Waals surface area contributed by atoms with Crippen LogP contribution in [0, 0.1) is 6.92 Å². The first-order chi connectivity index (χ1) is 17.9. The summed E-state index contributed by atoms with van der Waals surface area (Å²) in [5, 5.41) is 2.92. The van der Waals surface area contributed by atoms with Gasteiger partial charge >= 0.3 is 0 Å². The molecule has 8 nitrogen and oxygen atoms in total. The number of sulfonamides is 2. The lowest BCUT2D eigenvalue weighted by Gasteiger charge is -2.12. The van der Waals surface area contributed by atoms with Crippen LogP contribution in [-0.4, -0.2) is 22.7 Å². The summed E-state index contributed by atoms with van der Waals surface area (Å²) in [6, 6.07) is 22.4. The number of halogens is 2. The quantitative estimate of drug-likeness (QED) is 0.227. The van der Waals surface area contributed by atoms with Crippen molar-refractivity contribution < 1.29 is 21.6 Å². The topological polar surface area (TPSA) is 121 Å². The first-order valence-corrected chi connectivity index (χ1v) is 14.7. The minimum atomic E-state index is -3.91. The van der Waals surface area contributed by atoms with Crippen LogP contribution in [0.5, 0.6) is 0 Å². The van der Waals surface area contributed by atoms with Crippen molar-refractivity contribution in [1.82, 2.24) is 0 Å². The van der Waals surface area contributed by atoms with Gasteiger partial charge in [-0.1, -0.05) is 53.0 Å². The van der Waals surface area contributed by atoms with Crippen molar-refractivity contribution in [2.24, 2.45) is 0 Å². The SMILES string of the molecule is Cc1ccc(S(=O)(=O)Nc2ccc(C(=O)Nc3ccc(S(=O)(=O)Nc4ccccc4Cl)cc3)c(Cl)c2)cc1. The highest BCUT2D eigenvalue weighted by atomic mass is 35.5. The van der Waals surface area contributed by atoms with Crippen molar-refractivity contribution in [2.45, 2.75) is 16.7 Å². The van der Waals surface area contributed by atoms with E-state index in [1.54, 1.807) is 30.3 Å². The molecule has 0 saturated carbocycles. The molecule has 0 atom stereocenters. The third kappa shape index (κ3) is 6.46. The lowest BCUT2D eigenvalue weighted by Crippen LogP contribution is -2.15. The first kappa shape index (κ1) is 27.5. The number of aryl methyl sites for hydroxylation is 1. The predicted octanol–water partition coefficient (Wildman–Crippen LogP) is 6.16. The second-order valence-electron chi connectivity index (χ2n) is 8.18. The Morgan fingerprint density at radius 2 is 1.21 bits per heavy atom. The van der Waals surface area contributed by atoms with Crippen LogP contribution in [0.15, 0.2) is 101 Å². The zero-order chi connectivity index (χ0) is 27.5. The van der Waals surface area contributed by atoms with Gasteiger partial charge in [0.15, 0.2) is 0 Å². The number of anilines is 3. The van der Waals surface area contributed by atoms with Gasteiger partial charge in [-0.15, -0.1) is 0 Å². The smallest absolute Gasteiger partial charge is 0.261 e. The molecular formula is C26H21Cl2N3O5S2. The summed E-state index contributed by atoms with van der Waals surface area (Å²) in [5.41, 5.74) is 1.78. The number of nitrogens with one attached hydrogen (secondary N) is 3. The number of benzene rings is 4. The molecule has 0 aromatic heterocycles. The van der Waals surface area contributed by atoms with Crippen LogP contribution < -0.4 is 14.8 Å². The molecule has 1 amide bonds. The van der Waals surface area contributed by atoms with E-state index in [9.17, 15) is 21.6 Å². The van der Waals surface area contributed by atoms with Gasteiger partial charge in [0, 0.05) is 5.69 Å². The maximum absolute atomic E-state index is 12.8. The molecule has 4 aromatic carbocycles. The molecular weight excluding hydrogens is 569 g/mol. The van der Waals surface area contributed by atoms with Gasteiger partial charge in [0.05, 0.1) is 36.8 Å². The van der Waals surface area contributed by atoms with E-state index in [-0.39, 0.29) is 36.8 Å². The molecule has 0 unspecified atom stereocenters. The van der Waals surface area contributed by atoms with E-state index < -0.39 is 26.0 Å². The Balaban J connectivity index is 1.44. The lowest BCUT2D eigenvalue weighted by molar-refractivity contribution is 0.102. The van der Waals surface area contributed by atoms with E-state index >= 15 is 0 Å². The van der Waals surface area contributed by atoms with Gasteiger partial charge in [0.25, 0.3) is 26.0 Å². The largest absolute Gasteiger partial charge is 0.322 e. The summed E-state index contributed by atoms with van der Waals surface area (Å²) in [5.74, 6) is -0.562. The molecule has 0 bridgehead atoms. The monoisotopic (exact) mass is 589 g/mol. The third-order valence-corrected chi connectivity index (χ3v) is 8.76. The van der Waals surface area contributed by atoms with Crippen molar-refractivity contribution in [3.63, 3.8) is 0 Å². The Kier molecular flexibility index (Phi) is 7.98. The van der Waals surface area contributed by atoms with Gasteiger partial charge in [-0.25, -0.2) is 16.8 Å². The summed E-state index contributed by atoms with van der Waals surface area (Å²) >= 11 is 12.3. The van der Waals surface area contributed by atoms with Gasteiger partial charge in [0.1, 0.15) is 0 Å². The number of hydrogen-bond donors (Lipinski definition) is 3. The molecule has 0 aliphatic rings. The fraction of sp³-hybridized carbons (Fsp3) is 0.0385. The highest BCUT2D eigenvalue weighted by Crippen LogP contribution is 2.26. The van der Waals surface area contributed by atoms with E-state index in [0.29, 0.717) is 5.69 Å². The average molecular weight is 591 g/mol. The minimum absolute atomic E-state index is 0.0229. The summed E-state index contributed by atoms with van der Waals surface area (Å²) < 4.78 is 55.4. The summed E-state index contributed by atoms with van der Waals surface area (Å²) in [6.07, 6.45) is 0. The molecule has 0 heterocycles. The maximum atomic E-state index is 12.8. The Morgan fingerprint density at radius 3 is 1.82 bits per heavy atom. The van der Waals surface area contributed by atoms with Gasteiger partial charge in [-0.3, -0.25) is 14.2 Å². The average Bonchev–Trinajstić information content (AvgIpc) is 2.86. The number of para-hydroxylation sites is 1. The van der Waals surface area contributed by atoms with Gasteiger partial charge in [-0.05, 0) is 73.7 Å². The molecule has 0 spiro atoms. The van der Waals surface area contributed by atoms with Crippen molar-refractivity contribution >= 4 is 66.2 Å². The summed E-state index contributed by atoms with van der Waals surface area (Å²) in [4.78, 5) is 12.8. The molecule has 38 heavy (non-hydrogen) atoms. The Labute approximate surface area is 230 Å². The molecule has 0 radical (unpaired) electrons. The van der Waals surface area contributed by atoms with E-state index in [1.807, 2.05) is 6.92 Å². The third-order valence-electron chi connectivity index (χ3n) is 5.34. The van der Waals surface area contributed by atoms with Crippen LogP contribution in [0.4, 0.5) is 17.1 Å². The molecule has 12 heteroatoms. The number of carbonyl (C=O) groups excluding carboxylic acids is 1. The summed E-state index contributed by atoms with van der Waals surface area (Å²) in [7, 11) is -7.74. The molecule has 3 N–H and O–H groups in total. The van der Waals surface area contributed by atoms with Crippen LogP contribution >= 0.6 is 23.2 Å². The Bertz CT molecular complexity index is 1710. The van der Waals surface area contributed by atoms with Crippen molar-refractivity contribution in [3.8, 4) is 0 Å². The number of amides is 1. The molecule has 4 aromatic rings. The van der Waals surface area contributed by atoms with E-state index in [2.05, 4.69) is 14.8 Å². The second kappa shape index (κ2) is 11.0. The maximum Gasteiger partial charge on any atom is 0.261 e. The highest BCUT2D eigenvalue weighted by Gasteiger charge is 2.18. The standard InChI is InChI=1S/C26H21Cl2N3O5S2/c1-17-6-11-20(12-7-17)37(33,34)30-19-10-15-22(24(28)16-19)26(32)29-18-8-13-21(14-9-18)38(35,36)31-25-5-3-2-4-23(25)27/h2-16,30-31H,1H3,(H,29,32). The fourth-order valence-electron chi connectivity index (χ4n) is 3.36. The normalized spacial score (nSPS) is 11.6. The number of carbonyl (C=O) groups is 1. The minimum Gasteiger partial charge on any atom is -0.322 e. The first-order valence-electron chi connectivity index (χ1n) is 11.0. The van der Waals surface area contributed by atoms with Gasteiger partial charge in [0.2, 0.25) is 0 Å². The fourth-order valence-corrected chi connectivity index (χ4v) is 5.99. The lowest BCUT2D eigenvalue weighted by atomic mass is 10.2. The Hall–Kier alpha value is -3.57. The molecule has 0 aliphatic heterocycles. The van der Waals surface area contributed by atoms with Crippen LogP contribution in [0.3, 0.4) is 0 Å². The zero-order valence-corrected chi connectivity index (χ0v) is 22.9. The predicted molar refractivity (Wildman–Crippen MR) is 150 cm³/mol. The van der Waals surface area contributed by atoms with Crippen molar-refractivity contribution in [1.29, 1.82) is 0 Å². The van der Waals surface area contributed by atoms with Crippen LogP contribution in [0.1, 0.15) is 15.9 Å². The summed E-state index contributed by atoms with van der Waals surface area (Å²) in [6.45, 7) is 1.85. The molecule has 0 aliphatic carbocycles. The number of hydrogen-bond acceptors (Lipinski definition) is 5. The van der Waals surface area contributed by atoms with Crippen LogP contribution in [0.2, 0.25) is 10.0 Å². The van der Waals surface area contributed by atoms with E-state index in [4.69, 9.17) is 23.2 Å². The highest BCUT2D eigenvalue weighted by molar-refractivity contribution is 7.93. The van der Waals surface area contributed by atoms with Crippen LogP contribution in [-0.2, 0) is 20.0 Å². The second-order valence-corrected chi connectivity index (χ2v) is 12.4. The zero-order valence-electron chi connectivity index (χ0n) is 19.8. The Morgan fingerprint density at radius 1 is 0.658 bits per heavy atom. The molecule has 196 valence electrons. The number of rotatable bonds is 8. The van der Waals surface area contributed by atoms with Crippen molar-refractivity contribution in [3.05, 3.63) is 112 Å². The van der Waals surface area contributed by atoms with Crippen molar-refractivity contribution in [2.75, 3.05) is 14.8 Å². The molecule has 0 saturated heterocycles.